The maximum atomic E-state index is 13.4. The summed E-state index contributed by atoms with van der Waals surface area (Å²) in [6.07, 6.45) is 0. The van der Waals surface area contributed by atoms with Gasteiger partial charge in [0, 0.05) is 5.02 Å². The molecule has 0 aliphatic rings. The Kier molecular flexibility index (Phi) is 7.85. The van der Waals surface area contributed by atoms with E-state index in [1.54, 1.807) is 64.1 Å². The van der Waals surface area contributed by atoms with E-state index in [1.807, 2.05) is 0 Å². The molecule has 154 valence electrons. The molecule has 1 N–H and O–H groups in total. The second-order valence-corrected chi connectivity index (χ2v) is 10.4. The fraction of sp³-hybridized carbons (Fsp3) is 0.368. The van der Waals surface area contributed by atoms with Crippen molar-refractivity contribution in [1.82, 2.24) is 4.72 Å². The standard InChI is InChI=1S/C19H25ClNO5PS/c1-5-25-27(22,26-6-2)19(16-10-8-7-9-11-16)21-28(23,24)18-13-14(3)17(20)12-15(18)4/h7-13,19,21H,5-6H2,1-4H3. The third-order valence-electron chi connectivity index (χ3n) is 4.06. The number of nitrogens with one attached hydrogen (secondary N) is 1. The Morgan fingerprint density at radius 1 is 1.04 bits per heavy atom. The molecule has 0 fully saturated rings. The Labute approximate surface area is 171 Å². The zero-order valence-corrected chi connectivity index (χ0v) is 18.8. The van der Waals surface area contributed by atoms with Crippen LogP contribution in [-0.2, 0) is 23.6 Å². The largest absolute Gasteiger partial charge is 0.352 e. The molecule has 0 saturated heterocycles. The first-order chi connectivity index (χ1) is 13.1. The third-order valence-corrected chi connectivity index (χ3v) is 8.50. The van der Waals surface area contributed by atoms with Gasteiger partial charge in [0.1, 0.15) is 5.78 Å². The van der Waals surface area contributed by atoms with E-state index < -0.39 is 23.4 Å². The number of benzene rings is 2. The van der Waals surface area contributed by atoms with Gasteiger partial charge in [0.25, 0.3) is 0 Å². The number of hydrogen-bond donors (Lipinski definition) is 1. The first kappa shape index (κ1) is 23.1. The van der Waals surface area contributed by atoms with E-state index in [9.17, 15) is 13.0 Å². The Balaban J connectivity index is 2.56. The predicted molar refractivity (Wildman–Crippen MR) is 111 cm³/mol. The lowest BCUT2D eigenvalue weighted by molar-refractivity contribution is 0.210. The summed E-state index contributed by atoms with van der Waals surface area (Å²) in [5, 5.41) is 0.477. The molecule has 6 nitrogen and oxygen atoms in total. The molecule has 0 aromatic heterocycles. The number of halogens is 1. The van der Waals surface area contributed by atoms with Crippen LogP contribution in [0.1, 0.15) is 36.3 Å². The summed E-state index contributed by atoms with van der Waals surface area (Å²) in [5.41, 5.74) is 1.60. The second kappa shape index (κ2) is 9.53. The van der Waals surface area contributed by atoms with Crippen LogP contribution in [0.5, 0.6) is 0 Å². The quantitative estimate of drug-likeness (QED) is 0.536. The molecule has 0 saturated carbocycles. The van der Waals surface area contributed by atoms with Crippen LogP contribution in [-0.4, -0.2) is 21.6 Å². The van der Waals surface area contributed by atoms with Crippen molar-refractivity contribution in [2.75, 3.05) is 13.2 Å². The van der Waals surface area contributed by atoms with Crippen LogP contribution in [0.25, 0.3) is 0 Å². The van der Waals surface area contributed by atoms with Gasteiger partial charge in [-0.3, -0.25) is 4.57 Å². The van der Waals surface area contributed by atoms with Crippen molar-refractivity contribution in [2.45, 2.75) is 38.4 Å². The number of rotatable bonds is 9. The van der Waals surface area contributed by atoms with E-state index in [1.165, 1.54) is 6.07 Å². The van der Waals surface area contributed by atoms with Gasteiger partial charge in [0.05, 0.1) is 18.1 Å². The first-order valence-corrected chi connectivity index (χ1v) is 12.3. The van der Waals surface area contributed by atoms with Gasteiger partial charge in [-0.05, 0) is 56.5 Å². The zero-order valence-electron chi connectivity index (χ0n) is 16.3. The highest BCUT2D eigenvalue weighted by Crippen LogP contribution is 2.60. The molecule has 0 bridgehead atoms. The molecular formula is C19H25ClNO5PS. The van der Waals surface area contributed by atoms with Gasteiger partial charge < -0.3 is 9.05 Å². The number of sulfonamides is 1. The molecule has 0 aliphatic heterocycles. The minimum atomic E-state index is -4.04. The molecule has 2 rings (SSSR count). The van der Waals surface area contributed by atoms with Crippen LogP contribution in [0.3, 0.4) is 0 Å². The normalized spacial score (nSPS) is 13.5. The van der Waals surface area contributed by atoms with Crippen LogP contribution in [0.4, 0.5) is 0 Å². The Hall–Kier alpha value is -1.21. The topological polar surface area (TPSA) is 81.7 Å². The van der Waals surface area contributed by atoms with Crippen molar-refractivity contribution < 1.29 is 22.0 Å². The van der Waals surface area contributed by atoms with Gasteiger partial charge in [0.2, 0.25) is 10.0 Å². The molecule has 9 heteroatoms. The van der Waals surface area contributed by atoms with E-state index in [4.69, 9.17) is 20.6 Å². The van der Waals surface area contributed by atoms with E-state index >= 15 is 0 Å². The Bertz CT molecular complexity index is 956. The lowest BCUT2D eigenvalue weighted by atomic mass is 10.2. The highest BCUT2D eigenvalue weighted by molar-refractivity contribution is 7.89. The minimum Gasteiger partial charge on any atom is -0.308 e. The summed E-state index contributed by atoms with van der Waals surface area (Å²) in [6, 6.07) is 11.7. The van der Waals surface area contributed by atoms with Crippen LogP contribution in [0.2, 0.25) is 5.02 Å². The summed E-state index contributed by atoms with van der Waals surface area (Å²) >= 11 is 6.09. The van der Waals surface area contributed by atoms with Crippen LogP contribution in [0.15, 0.2) is 47.4 Å². The summed E-state index contributed by atoms with van der Waals surface area (Å²) in [5.74, 6) is -1.19. The molecule has 0 aliphatic carbocycles. The SMILES string of the molecule is CCOP(=O)(OCC)C(NS(=O)(=O)c1cc(C)c(Cl)cc1C)c1ccccc1. The highest BCUT2D eigenvalue weighted by atomic mass is 35.5. The van der Waals surface area contributed by atoms with Gasteiger partial charge in [-0.15, -0.1) is 0 Å². The molecule has 0 heterocycles. The predicted octanol–water partition coefficient (Wildman–Crippen LogP) is 5.20. The van der Waals surface area contributed by atoms with Crippen LogP contribution < -0.4 is 4.72 Å². The van der Waals surface area contributed by atoms with Crippen molar-refractivity contribution in [3.05, 3.63) is 64.2 Å². The molecule has 1 atom stereocenters. The molecule has 0 amide bonds. The minimum absolute atomic E-state index is 0.0647. The maximum absolute atomic E-state index is 13.4. The second-order valence-electron chi connectivity index (χ2n) is 6.18. The van der Waals surface area contributed by atoms with Crippen molar-refractivity contribution in [3.8, 4) is 0 Å². The fourth-order valence-electron chi connectivity index (χ4n) is 2.75. The molecule has 0 radical (unpaired) electrons. The van der Waals surface area contributed by atoms with E-state index in [-0.39, 0.29) is 18.1 Å². The van der Waals surface area contributed by atoms with Gasteiger partial charge in [-0.2, -0.15) is 4.72 Å². The summed E-state index contributed by atoms with van der Waals surface area (Å²) in [4.78, 5) is 0.0647. The molecule has 28 heavy (non-hydrogen) atoms. The van der Waals surface area contributed by atoms with Gasteiger partial charge in [-0.25, -0.2) is 8.42 Å². The van der Waals surface area contributed by atoms with Crippen molar-refractivity contribution in [3.63, 3.8) is 0 Å². The Morgan fingerprint density at radius 3 is 2.14 bits per heavy atom. The molecule has 2 aromatic carbocycles. The van der Waals surface area contributed by atoms with Crippen molar-refractivity contribution in [2.24, 2.45) is 0 Å². The van der Waals surface area contributed by atoms with Gasteiger partial charge in [0.15, 0.2) is 0 Å². The third kappa shape index (κ3) is 5.23. The average molecular weight is 446 g/mol. The lowest BCUT2D eigenvalue weighted by Crippen LogP contribution is -2.30. The summed E-state index contributed by atoms with van der Waals surface area (Å²) in [7, 11) is -7.86. The monoisotopic (exact) mass is 445 g/mol. The molecule has 0 spiro atoms. The molecule has 1 unspecified atom stereocenters. The first-order valence-electron chi connectivity index (χ1n) is 8.87. The van der Waals surface area contributed by atoms with Crippen molar-refractivity contribution in [1.29, 1.82) is 0 Å². The van der Waals surface area contributed by atoms with E-state index in [0.717, 1.165) is 0 Å². The maximum Gasteiger partial charge on any atom is 0.352 e. The Morgan fingerprint density at radius 2 is 1.61 bits per heavy atom. The van der Waals surface area contributed by atoms with Crippen LogP contribution in [0, 0.1) is 13.8 Å². The number of aryl methyl sites for hydroxylation is 2. The smallest absolute Gasteiger partial charge is 0.308 e. The van der Waals surface area contributed by atoms with Gasteiger partial charge in [-0.1, -0.05) is 41.9 Å². The van der Waals surface area contributed by atoms with Crippen LogP contribution >= 0.6 is 19.2 Å². The fourth-order valence-corrected chi connectivity index (χ4v) is 6.90. The molecular weight excluding hydrogens is 421 g/mol. The summed E-state index contributed by atoms with van der Waals surface area (Å²) < 4.78 is 53.2. The van der Waals surface area contributed by atoms with E-state index in [2.05, 4.69) is 4.72 Å². The highest BCUT2D eigenvalue weighted by Gasteiger charge is 2.40. The summed E-state index contributed by atoms with van der Waals surface area (Å²) in [6.45, 7) is 6.95. The van der Waals surface area contributed by atoms with Gasteiger partial charge >= 0.3 is 7.60 Å². The lowest BCUT2D eigenvalue weighted by Gasteiger charge is -2.27. The average Bonchev–Trinajstić information content (AvgIpc) is 2.63. The zero-order chi connectivity index (χ0) is 20.9. The van der Waals surface area contributed by atoms with E-state index in [0.29, 0.717) is 21.7 Å². The number of hydrogen-bond acceptors (Lipinski definition) is 5. The van der Waals surface area contributed by atoms with Crippen molar-refractivity contribution >= 4 is 29.2 Å². The molecule has 2 aromatic rings.